The van der Waals surface area contributed by atoms with Gasteiger partial charge in [-0.1, -0.05) is 46.8 Å². The topological polar surface area (TPSA) is 77.5 Å². The maximum Gasteiger partial charge on any atom is 0.200 e. The average molecular weight is 421 g/mol. The summed E-state index contributed by atoms with van der Waals surface area (Å²) in [6.07, 6.45) is 3.08. The molecule has 1 fully saturated rings. The third kappa shape index (κ3) is 5.56. The second-order valence-electron chi connectivity index (χ2n) is 8.89. The van der Waals surface area contributed by atoms with Crippen molar-refractivity contribution in [3.05, 3.63) is 35.6 Å². The minimum absolute atomic E-state index is 0.0279. The van der Waals surface area contributed by atoms with E-state index in [9.17, 15) is 18.0 Å². The maximum atomic E-state index is 13.3. The monoisotopic (exact) mass is 420 g/mol. The quantitative estimate of drug-likeness (QED) is 0.476. The van der Waals surface area contributed by atoms with Gasteiger partial charge >= 0.3 is 0 Å². The zero-order valence-corrected chi connectivity index (χ0v) is 19.1. The summed E-state index contributed by atoms with van der Waals surface area (Å²) in [5.74, 6) is -0.0993. The Labute approximate surface area is 174 Å². The second-order valence-corrected chi connectivity index (χ2v) is 10.9. The largest absolute Gasteiger partial charge is 0.479 e. The number of carbonyl (C=O) groups is 2. The molecule has 0 spiro atoms. The van der Waals surface area contributed by atoms with Crippen LogP contribution >= 0.6 is 0 Å². The molecule has 29 heavy (non-hydrogen) atoms. The Morgan fingerprint density at radius 1 is 1.21 bits per heavy atom. The molecule has 2 atom stereocenters. The lowest BCUT2D eigenvalue weighted by atomic mass is 9.79. The van der Waals surface area contributed by atoms with Crippen LogP contribution in [0.3, 0.4) is 0 Å². The highest BCUT2D eigenvalue weighted by Crippen LogP contribution is 2.39. The first-order valence-electron chi connectivity index (χ1n) is 10.1. The van der Waals surface area contributed by atoms with Crippen LogP contribution in [-0.4, -0.2) is 32.3 Å². The van der Waals surface area contributed by atoms with Gasteiger partial charge in [0, 0.05) is 24.2 Å². The molecular formula is C23H32O5S. The Bertz CT molecular complexity index is 902. The van der Waals surface area contributed by atoms with E-state index in [1.165, 1.54) is 0 Å². The number of Topliss-reactive ketones (excluding diaryl/α,β-unsaturated/α-hetero) is 2. The molecule has 160 valence electrons. The summed E-state index contributed by atoms with van der Waals surface area (Å²) >= 11 is 0. The van der Waals surface area contributed by atoms with E-state index >= 15 is 0 Å². The van der Waals surface area contributed by atoms with Crippen molar-refractivity contribution < 1.29 is 22.7 Å². The van der Waals surface area contributed by atoms with Crippen LogP contribution in [-0.2, 0) is 24.2 Å². The average Bonchev–Trinajstić information content (AvgIpc) is 3.03. The van der Waals surface area contributed by atoms with Gasteiger partial charge in [-0.25, -0.2) is 8.42 Å². The minimum atomic E-state index is -3.32. The predicted molar refractivity (Wildman–Crippen MR) is 114 cm³/mol. The fraction of sp³-hybridized carbons (Fsp3) is 0.565. The number of hydrogen-bond donors (Lipinski definition) is 0. The van der Waals surface area contributed by atoms with Gasteiger partial charge in [-0.05, 0) is 42.4 Å². The maximum absolute atomic E-state index is 13.3. The molecule has 0 radical (unpaired) electrons. The summed E-state index contributed by atoms with van der Waals surface area (Å²) in [6.45, 7) is 9.75. The van der Waals surface area contributed by atoms with Crippen molar-refractivity contribution in [2.45, 2.75) is 71.3 Å². The van der Waals surface area contributed by atoms with Crippen molar-refractivity contribution in [2.24, 2.45) is 11.3 Å². The van der Waals surface area contributed by atoms with Crippen LogP contribution in [0.4, 0.5) is 0 Å². The highest BCUT2D eigenvalue weighted by atomic mass is 32.2. The Morgan fingerprint density at radius 2 is 1.79 bits per heavy atom. The van der Waals surface area contributed by atoms with Crippen molar-refractivity contribution in [3.8, 4) is 0 Å². The second kappa shape index (κ2) is 8.82. The van der Waals surface area contributed by atoms with Gasteiger partial charge in [-0.3, -0.25) is 9.59 Å². The minimum Gasteiger partial charge on any atom is -0.479 e. The van der Waals surface area contributed by atoms with Gasteiger partial charge in [0.2, 0.25) is 5.78 Å². The number of ether oxygens (including phenoxy) is 1. The summed E-state index contributed by atoms with van der Waals surface area (Å²) in [4.78, 5) is 25.7. The Hall–Kier alpha value is -1.95. The third-order valence-electron chi connectivity index (χ3n) is 5.34. The molecule has 0 N–H and O–H groups in total. The van der Waals surface area contributed by atoms with E-state index in [1.807, 2.05) is 34.6 Å². The summed E-state index contributed by atoms with van der Waals surface area (Å²) in [7, 11) is -3.32. The van der Waals surface area contributed by atoms with Crippen molar-refractivity contribution in [1.29, 1.82) is 0 Å². The first-order chi connectivity index (χ1) is 13.4. The van der Waals surface area contributed by atoms with Crippen LogP contribution in [0.25, 0.3) is 5.57 Å². The number of rotatable bonds is 7. The molecule has 1 aliphatic carbocycles. The normalized spacial score (nSPS) is 19.7. The van der Waals surface area contributed by atoms with Gasteiger partial charge in [-0.15, -0.1) is 0 Å². The molecule has 0 bridgehead atoms. The van der Waals surface area contributed by atoms with Gasteiger partial charge in [0.05, 0.1) is 4.90 Å². The lowest BCUT2D eigenvalue weighted by Gasteiger charge is -2.29. The van der Waals surface area contributed by atoms with E-state index in [1.54, 1.807) is 24.3 Å². The Kier molecular flexibility index (Phi) is 7.10. The number of benzene rings is 1. The van der Waals surface area contributed by atoms with E-state index in [4.69, 9.17) is 4.74 Å². The van der Waals surface area contributed by atoms with E-state index in [0.29, 0.717) is 24.8 Å². The molecule has 1 aliphatic rings. The van der Waals surface area contributed by atoms with Crippen LogP contribution in [0.15, 0.2) is 34.9 Å². The summed E-state index contributed by atoms with van der Waals surface area (Å²) in [5, 5.41) is 0. The number of ketones is 2. The highest BCUT2D eigenvalue weighted by molar-refractivity contribution is 7.90. The van der Waals surface area contributed by atoms with E-state index < -0.39 is 21.4 Å². The van der Waals surface area contributed by atoms with Gasteiger partial charge in [0.25, 0.3) is 0 Å². The first-order valence-corrected chi connectivity index (χ1v) is 12.0. The highest BCUT2D eigenvalue weighted by Gasteiger charge is 2.34. The zero-order chi connectivity index (χ0) is 22.0. The van der Waals surface area contributed by atoms with Crippen molar-refractivity contribution >= 4 is 27.0 Å². The molecule has 0 saturated heterocycles. The molecule has 6 heteroatoms. The van der Waals surface area contributed by atoms with E-state index in [2.05, 4.69) is 0 Å². The standard InChI is InChI=1S/C23H32O5S/c1-7-15(2)21(25)22(28-19-10-8-9-18(19)24)20(23(3,4)5)16-11-13-17(14-12-16)29(6,26)27/h11-15,19H,7-10H2,1-6H3/b22-20+. The first kappa shape index (κ1) is 23.3. The molecule has 1 aromatic rings. The predicted octanol–water partition coefficient (Wildman–Crippen LogP) is 4.60. The fourth-order valence-corrected chi connectivity index (χ4v) is 4.10. The smallest absolute Gasteiger partial charge is 0.200 e. The number of carbonyl (C=O) groups excluding carboxylic acids is 2. The van der Waals surface area contributed by atoms with Gasteiger partial charge in [0.1, 0.15) is 0 Å². The molecular weight excluding hydrogens is 388 g/mol. The molecule has 1 saturated carbocycles. The van der Waals surface area contributed by atoms with Crippen molar-refractivity contribution in [2.75, 3.05) is 6.26 Å². The van der Waals surface area contributed by atoms with Crippen molar-refractivity contribution in [3.63, 3.8) is 0 Å². The van der Waals surface area contributed by atoms with E-state index in [0.717, 1.165) is 18.2 Å². The van der Waals surface area contributed by atoms with Crippen molar-refractivity contribution in [1.82, 2.24) is 0 Å². The Balaban J connectivity index is 2.66. The van der Waals surface area contributed by atoms with Gasteiger partial charge in [0.15, 0.2) is 27.5 Å². The number of sulfone groups is 1. The molecule has 0 aliphatic heterocycles. The van der Waals surface area contributed by atoms with Gasteiger partial charge < -0.3 is 4.74 Å². The lowest BCUT2D eigenvalue weighted by molar-refractivity contribution is -0.129. The molecule has 1 aromatic carbocycles. The van der Waals surface area contributed by atoms with E-state index in [-0.39, 0.29) is 28.1 Å². The summed E-state index contributed by atoms with van der Waals surface area (Å²) in [6, 6.07) is 6.51. The third-order valence-corrected chi connectivity index (χ3v) is 6.47. The van der Waals surface area contributed by atoms with Crippen LogP contribution in [0, 0.1) is 11.3 Å². The number of allylic oxidation sites excluding steroid dienone is 2. The molecule has 2 unspecified atom stereocenters. The molecule has 2 rings (SSSR count). The number of hydrogen-bond acceptors (Lipinski definition) is 5. The van der Waals surface area contributed by atoms with Gasteiger partial charge in [-0.2, -0.15) is 0 Å². The summed E-state index contributed by atoms with van der Waals surface area (Å²) in [5.41, 5.74) is 0.969. The molecule has 0 amide bonds. The lowest BCUT2D eigenvalue weighted by Crippen LogP contribution is -2.27. The zero-order valence-electron chi connectivity index (χ0n) is 18.2. The van der Waals surface area contributed by atoms with Crippen LogP contribution < -0.4 is 0 Å². The van der Waals surface area contributed by atoms with Crippen LogP contribution in [0.2, 0.25) is 0 Å². The molecule has 0 heterocycles. The van der Waals surface area contributed by atoms with Crippen LogP contribution in [0.1, 0.15) is 65.9 Å². The van der Waals surface area contributed by atoms with Crippen LogP contribution in [0.5, 0.6) is 0 Å². The Morgan fingerprint density at radius 3 is 2.21 bits per heavy atom. The molecule has 0 aromatic heterocycles. The molecule has 5 nitrogen and oxygen atoms in total. The SMILES string of the molecule is CCC(C)C(=O)/C(OC1CCCC1=O)=C(/c1ccc(S(C)(=O)=O)cc1)C(C)(C)C. The summed E-state index contributed by atoms with van der Waals surface area (Å²) < 4.78 is 29.7. The fourth-order valence-electron chi connectivity index (χ4n) is 3.47.